The Morgan fingerprint density at radius 3 is 2.60 bits per heavy atom. The zero-order chi connectivity index (χ0) is 21.9. The summed E-state index contributed by atoms with van der Waals surface area (Å²) >= 11 is 7.53. The minimum Gasteiger partial charge on any atom is -0.321 e. The van der Waals surface area contributed by atoms with Crippen LogP contribution in [0.25, 0.3) is 0 Å². The quantitative estimate of drug-likeness (QED) is 0.497. The molecule has 0 unspecified atom stereocenters. The Kier molecular flexibility index (Phi) is 7.38. The van der Waals surface area contributed by atoms with Crippen molar-refractivity contribution in [3.8, 4) is 0 Å². The zero-order valence-corrected chi connectivity index (χ0v) is 19.5. The van der Waals surface area contributed by atoms with Gasteiger partial charge in [0, 0.05) is 23.5 Å². The molecule has 0 spiro atoms. The van der Waals surface area contributed by atoms with E-state index in [1.807, 2.05) is 20.8 Å². The molecule has 2 aromatic rings. The predicted molar refractivity (Wildman–Crippen MR) is 120 cm³/mol. The fourth-order valence-corrected chi connectivity index (χ4v) is 5.80. The van der Waals surface area contributed by atoms with Crippen LogP contribution in [0.5, 0.6) is 0 Å². The van der Waals surface area contributed by atoms with Gasteiger partial charge in [0.2, 0.25) is 10.0 Å². The minimum absolute atomic E-state index is 0.0130. The van der Waals surface area contributed by atoms with Gasteiger partial charge in [-0.2, -0.15) is 4.31 Å². The maximum absolute atomic E-state index is 12.9. The molecule has 0 radical (unpaired) electrons. The van der Waals surface area contributed by atoms with Crippen LogP contribution in [0.1, 0.15) is 50.5 Å². The molecule has 1 N–H and O–H groups in total. The summed E-state index contributed by atoms with van der Waals surface area (Å²) in [5, 5.41) is 3.60. The molecule has 1 fully saturated rings. The van der Waals surface area contributed by atoms with Crippen LogP contribution in [-0.2, 0) is 10.0 Å². The maximum atomic E-state index is 12.9. The van der Waals surface area contributed by atoms with Crippen LogP contribution in [0.2, 0.25) is 5.02 Å². The lowest BCUT2D eigenvalue weighted by Gasteiger charge is -2.32. The van der Waals surface area contributed by atoms with Crippen molar-refractivity contribution in [2.75, 3.05) is 11.9 Å². The normalized spacial score (nSPS) is 17.8. The van der Waals surface area contributed by atoms with Crippen LogP contribution in [0, 0.1) is 0 Å². The van der Waals surface area contributed by atoms with Gasteiger partial charge in [-0.25, -0.2) is 18.4 Å². The molecule has 1 amide bonds. The van der Waals surface area contributed by atoms with Gasteiger partial charge in [0.15, 0.2) is 10.9 Å². The van der Waals surface area contributed by atoms with E-state index in [-0.39, 0.29) is 26.9 Å². The third kappa shape index (κ3) is 5.32. The molecule has 1 aliphatic heterocycles. The number of carbonyl (C=O) groups excluding carboxylic acids is 1. The number of piperidine rings is 1. The van der Waals surface area contributed by atoms with E-state index in [2.05, 4.69) is 15.3 Å². The molecule has 1 saturated heterocycles. The maximum Gasteiger partial charge on any atom is 0.275 e. The van der Waals surface area contributed by atoms with E-state index in [0.29, 0.717) is 17.4 Å². The van der Waals surface area contributed by atoms with Crippen LogP contribution in [0.3, 0.4) is 0 Å². The Hall–Kier alpha value is -1.68. The molecule has 1 aromatic carbocycles. The second-order valence-corrected chi connectivity index (χ2v) is 11.3. The van der Waals surface area contributed by atoms with Gasteiger partial charge in [-0.1, -0.05) is 43.6 Å². The van der Waals surface area contributed by atoms with Crippen LogP contribution in [0.4, 0.5) is 5.69 Å². The highest BCUT2D eigenvalue weighted by Gasteiger charge is 2.30. The fourth-order valence-electron chi connectivity index (χ4n) is 3.24. The highest BCUT2D eigenvalue weighted by atomic mass is 35.5. The molecule has 1 aromatic heterocycles. The summed E-state index contributed by atoms with van der Waals surface area (Å²) in [6.07, 6.45) is 4.18. The number of nitrogens with one attached hydrogen (secondary N) is 1. The largest absolute Gasteiger partial charge is 0.321 e. The standard InChI is InChI=1S/C20H25ClN4O3S2/c1-13(2)29-20-22-12-17(21)18(24-20)19(26)23-15-7-9-16(10-8-15)30(27,28)25-11-5-4-6-14(25)3/h7-10,12-14H,4-6,11H2,1-3H3,(H,23,26)/t14-/m0/s1. The molecule has 0 aliphatic carbocycles. The summed E-state index contributed by atoms with van der Waals surface area (Å²) in [5.74, 6) is -0.478. The minimum atomic E-state index is -3.56. The number of anilines is 1. The van der Waals surface area contributed by atoms with Crippen LogP contribution < -0.4 is 5.32 Å². The van der Waals surface area contributed by atoms with Crippen LogP contribution in [-0.4, -0.2) is 46.4 Å². The number of nitrogens with zero attached hydrogens (tertiary/aromatic N) is 3. The second kappa shape index (κ2) is 9.64. The Morgan fingerprint density at radius 2 is 1.97 bits per heavy atom. The number of hydrogen-bond acceptors (Lipinski definition) is 6. The van der Waals surface area contributed by atoms with E-state index >= 15 is 0 Å². The first-order chi connectivity index (χ1) is 14.2. The van der Waals surface area contributed by atoms with E-state index in [4.69, 9.17) is 11.6 Å². The molecule has 7 nitrogen and oxygen atoms in total. The van der Waals surface area contributed by atoms with Crippen LogP contribution in [0.15, 0.2) is 40.5 Å². The lowest BCUT2D eigenvalue weighted by molar-refractivity contribution is 0.102. The number of halogens is 1. The topological polar surface area (TPSA) is 92.3 Å². The fraction of sp³-hybridized carbons (Fsp3) is 0.450. The third-order valence-corrected chi connectivity index (χ3v) is 7.92. The molecule has 1 atom stereocenters. The van der Waals surface area contributed by atoms with Gasteiger partial charge in [-0.3, -0.25) is 4.79 Å². The number of amides is 1. The Morgan fingerprint density at radius 1 is 1.27 bits per heavy atom. The number of carbonyl (C=O) groups is 1. The highest BCUT2D eigenvalue weighted by molar-refractivity contribution is 7.99. The number of aromatic nitrogens is 2. The SMILES string of the molecule is CC(C)Sc1ncc(Cl)c(C(=O)Nc2ccc(S(=O)(=O)N3CCCC[C@@H]3C)cc2)n1. The lowest BCUT2D eigenvalue weighted by atomic mass is 10.1. The lowest BCUT2D eigenvalue weighted by Crippen LogP contribution is -2.41. The Labute approximate surface area is 186 Å². The summed E-state index contributed by atoms with van der Waals surface area (Å²) < 4.78 is 27.4. The van der Waals surface area contributed by atoms with Gasteiger partial charge in [0.05, 0.1) is 16.1 Å². The van der Waals surface area contributed by atoms with Crippen molar-refractivity contribution < 1.29 is 13.2 Å². The number of sulfonamides is 1. The Bertz CT molecular complexity index is 1010. The summed E-state index contributed by atoms with van der Waals surface area (Å²) in [6, 6.07) is 6.14. The molecule has 0 saturated carbocycles. The monoisotopic (exact) mass is 468 g/mol. The van der Waals surface area contributed by atoms with Gasteiger partial charge >= 0.3 is 0 Å². The molecule has 3 rings (SSSR count). The molecule has 1 aliphatic rings. The van der Waals surface area contributed by atoms with E-state index in [1.54, 1.807) is 16.4 Å². The van der Waals surface area contributed by atoms with Gasteiger partial charge in [0.25, 0.3) is 5.91 Å². The third-order valence-electron chi connectivity index (χ3n) is 4.74. The molecule has 2 heterocycles. The predicted octanol–water partition coefficient (Wildman–Crippen LogP) is 4.45. The van der Waals surface area contributed by atoms with Crippen molar-refractivity contribution in [3.63, 3.8) is 0 Å². The Balaban J connectivity index is 1.75. The first kappa shape index (κ1) is 23.0. The summed E-state index contributed by atoms with van der Waals surface area (Å²) in [4.78, 5) is 21.2. The van der Waals surface area contributed by atoms with Crippen molar-refractivity contribution in [1.82, 2.24) is 14.3 Å². The van der Waals surface area contributed by atoms with E-state index in [9.17, 15) is 13.2 Å². The van der Waals surface area contributed by atoms with E-state index in [0.717, 1.165) is 19.3 Å². The molecule has 162 valence electrons. The van der Waals surface area contributed by atoms with Gasteiger partial charge in [-0.05, 0) is 44.0 Å². The van der Waals surface area contributed by atoms with Crippen LogP contribution >= 0.6 is 23.4 Å². The molecule has 10 heteroatoms. The first-order valence-electron chi connectivity index (χ1n) is 9.81. The second-order valence-electron chi connectivity index (χ2n) is 7.45. The number of benzene rings is 1. The van der Waals surface area contributed by atoms with Crippen molar-refractivity contribution >= 4 is 45.0 Å². The number of hydrogen-bond donors (Lipinski definition) is 1. The summed E-state index contributed by atoms with van der Waals surface area (Å²) in [7, 11) is -3.56. The first-order valence-corrected chi connectivity index (χ1v) is 12.5. The van der Waals surface area contributed by atoms with E-state index < -0.39 is 15.9 Å². The van der Waals surface area contributed by atoms with Gasteiger partial charge in [0.1, 0.15) is 0 Å². The van der Waals surface area contributed by atoms with Crippen molar-refractivity contribution in [1.29, 1.82) is 0 Å². The number of thioether (sulfide) groups is 1. The van der Waals surface area contributed by atoms with Crippen molar-refractivity contribution in [2.24, 2.45) is 0 Å². The average molecular weight is 469 g/mol. The molecule has 0 bridgehead atoms. The van der Waals surface area contributed by atoms with Crippen molar-refractivity contribution in [2.45, 2.75) is 61.4 Å². The van der Waals surface area contributed by atoms with Gasteiger partial charge in [-0.15, -0.1) is 0 Å². The summed E-state index contributed by atoms with van der Waals surface area (Å²) in [5.41, 5.74) is 0.534. The summed E-state index contributed by atoms with van der Waals surface area (Å²) in [6.45, 7) is 6.47. The van der Waals surface area contributed by atoms with Crippen molar-refractivity contribution in [3.05, 3.63) is 41.2 Å². The highest BCUT2D eigenvalue weighted by Crippen LogP contribution is 2.26. The smallest absolute Gasteiger partial charge is 0.275 e. The molecular weight excluding hydrogens is 444 g/mol. The van der Waals surface area contributed by atoms with Gasteiger partial charge < -0.3 is 5.32 Å². The average Bonchev–Trinajstić information content (AvgIpc) is 2.69. The molecule has 30 heavy (non-hydrogen) atoms. The molecular formula is C20H25ClN4O3S2. The zero-order valence-electron chi connectivity index (χ0n) is 17.1. The van der Waals surface area contributed by atoms with E-state index in [1.165, 1.54) is 30.1 Å². The number of rotatable bonds is 6.